The van der Waals surface area contributed by atoms with Gasteiger partial charge in [-0.3, -0.25) is 4.99 Å². The third-order valence-electron chi connectivity index (χ3n) is 6.71. The summed E-state index contributed by atoms with van der Waals surface area (Å²) < 4.78 is 39.7. The van der Waals surface area contributed by atoms with Crippen molar-refractivity contribution in [3.63, 3.8) is 0 Å². The number of halogens is 3. The fourth-order valence-corrected chi connectivity index (χ4v) is 4.34. The number of hydrogen-bond acceptors (Lipinski definition) is 2. The molecule has 1 aliphatic heterocycles. The van der Waals surface area contributed by atoms with E-state index in [-0.39, 0.29) is 12.5 Å². The van der Waals surface area contributed by atoms with Gasteiger partial charge in [0, 0.05) is 30.3 Å². The highest BCUT2D eigenvalue weighted by atomic mass is 19.4. The summed E-state index contributed by atoms with van der Waals surface area (Å²) in [4.78, 5) is 4.78. The molecule has 1 aromatic rings. The van der Waals surface area contributed by atoms with Crippen molar-refractivity contribution in [2.24, 2.45) is 10.9 Å². The average Bonchev–Trinajstić information content (AvgIpc) is 3.04. The monoisotopic (exact) mass is 457 g/mol. The lowest BCUT2D eigenvalue weighted by atomic mass is 9.92. The second-order valence-electron chi connectivity index (χ2n) is 8.96. The predicted molar refractivity (Wildman–Crippen MR) is 131 cm³/mol. The molecule has 3 nitrogen and oxygen atoms in total. The molecule has 1 aromatic heterocycles. The van der Waals surface area contributed by atoms with Crippen LogP contribution < -0.4 is 15.9 Å². The number of aliphatic imine (C=N–C) groups is 1. The van der Waals surface area contributed by atoms with Crippen LogP contribution in [0.1, 0.15) is 70.7 Å². The van der Waals surface area contributed by atoms with E-state index in [1.54, 1.807) is 0 Å². The number of alkyl halides is 3. The van der Waals surface area contributed by atoms with Crippen LogP contribution in [0.25, 0.3) is 12.2 Å². The minimum atomic E-state index is -4.21. The quantitative estimate of drug-likeness (QED) is 0.594. The number of allylic oxidation sites excluding steroid dienone is 3. The molecule has 0 amide bonds. The second-order valence-corrected chi connectivity index (χ2v) is 8.96. The van der Waals surface area contributed by atoms with Crippen molar-refractivity contribution in [2.45, 2.75) is 65.6 Å². The normalized spacial score (nSPS) is 21.0. The molecule has 0 saturated heterocycles. The first-order valence-electron chi connectivity index (χ1n) is 11.8. The standard InChI is InChI=1S/C27H34F3N3/c1-6-18(4)19(5)14-25-22(7-2)23(8-3)26(33(25)21-10-9-11-21)24-13-12-20(16-32-24)15-31-17-27(28,29)30/h3,7,12-14,20-21,31H,6,9-11,15-17H2,1-2,4-5H3/b19-18?,22-7?,25-14+. The molecule has 0 spiro atoms. The van der Waals surface area contributed by atoms with E-state index < -0.39 is 12.7 Å². The highest BCUT2D eigenvalue weighted by Crippen LogP contribution is 2.32. The zero-order chi connectivity index (χ0) is 24.2. The minimum Gasteiger partial charge on any atom is -0.335 e. The molecule has 0 aromatic carbocycles. The molecule has 1 unspecified atom stereocenters. The highest BCUT2D eigenvalue weighted by Gasteiger charge is 2.29. The molecule has 1 atom stereocenters. The van der Waals surface area contributed by atoms with Crippen molar-refractivity contribution in [3.05, 3.63) is 45.1 Å². The van der Waals surface area contributed by atoms with Crippen molar-refractivity contribution in [1.82, 2.24) is 9.88 Å². The third kappa shape index (κ3) is 5.70. The summed E-state index contributed by atoms with van der Waals surface area (Å²) >= 11 is 0. The van der Waals surface area contributed by atoms with Gasteiger partial charge in [0.25, 0.3) is 0 Å². The van der Waals surface area contributed by atoms with Crippen molar-refractivity contribution in [2.75, 3.05) is 19.6 Å². The van der Waals surface area contributed by atoms with Crippen molar-refractivity contribution in [3.8, 4) is 12.3 Å². The zero-order valence-electron chi connectivity index (χ0n) is 20.0. The highest BCUT2D eigenvalue weighted by molar-refractivity contribution is 6.09. The first kappa shape index (κ1) is 25.1. The Bertz CT molecular complexity index is 1120. The molecule has 2 aliphatic rings. The van der Waals surface area contributed by atoms with E-state index in [9.17, 15) is 13.2 Å². The molecular weight excluding hydrogens is 423 g/mol. The molecule has 1 N–H and O–H groups in total. The fourth-order valence-electron chi connectivity index (χ4n) is 4.34. The number of aromatic nitrogens is 1. The zero-order valence-corrected chi connectivity index (χ0v) is 20.0. The van der Waals surface area contributed by atoms with Gasteiger partial charge < -0.3 is 9.88 Å². The Morgan fingerprint density at radius 3 is 2.55 bits per heavy atom. The maximum atomic E-state index is 12.4. The number of rotatable bonds is 7. The van der Waals surface area contributed by atoms with Gasteiger partial charge in [-0.1, -0.05) is 36.1 Å². The molecule has 0 radical (unpaired) electrons. The van der Waals surface area contributed by atoms with Crippen LogP contribution in [0.2, 0.25) is 0 Å². The summed E-state index contributed by atoms with van der Waals surface area (Å²) in [6.45, 7) is 8.15. The van der Waals surface area contributed by atoms with Gasteiger partial charge >= 0.3 is 6.18 Å². The molecule has 178 valence electrons. The summed E-state index contributed by atoms with van der Waals surface area (Å²) in [6, 6.07) is 0.379. The number of dihydropyridines is 1. The lowest BCUT2D eigenvalue weighted by Crippen LogP contribution is -2.36. The van der Waals surface area contributed by atoms with Gasteiger partial charge in [-0.15, -0.1) is 6.42 Å². The maximum absolute atomic E-state index is 12.4. The van der Waals surface area contributed by atoms with Gasteiger partial charge in [-0.25, -0.2) is 0 Å². The summed E-state index contributed by atoms with van der Waals surface area (Å²) in [6.07, 6.45) is 14.4. The minimum absolute atomic E-state index is 0.0712. The first-order chi connectivity index (χ1) is 15.7. The SMILES string of the molecule is C#Cc1c(C2=NCC(CNCC(F)(F)F)C=C2)n(C2CCC2)/c(=C/C(C)=C(C)CC)c1=CC. The van der Waals surface area contributed by atoms with E-state index in [2.05, 4.69) is 48.7 Å². The molecule has 2 heterocycles. The van der Waals surface area contributed by atoms with Crippen LogP contribution in [0.15, 0.2) is 28.3 Å². The van der Waals surface area contributed by atoms with E-state index >= 15 is 0 Å². The number of nitrogens with zero attached hydrogens (tertiary/aromatic N) is 2. The van der Waals surface area contributed by atoms with Crippen molar-refractivity contribution in [1.29, 1.82) is 0 Å². The fraction of sp³-hybridized carbons (Fsp3) is 0.519. The number of terminal acetylenes is 1. The second kappa shape index (κ2) is 10.6. The third-order valence-corrected chi connectivity index (χ3v) is 6.71. The van der Waals surface area contributed by atoms with Crippen LogP contribution >= 0.6 is 0 Å². The molecule has 6 heteroatoms. The van der Waals surface area contributed by atoms with E-state index in [4.69, 9.17) is 11.4 Å². The number of hydrogen-bond donors (Lipinski definition) is 1. The smallest absolute Gasteiger partial charge is 0.335 e. The van der Waals surface area contributed by atoms with Gasteiger partial charge in [0.1, 0.15) is 0 Å². The molecule has 33 heavy (non-hydrogen) atoms. The Hall–Kier alpha value is -2.52. The van der Waals surface area contributed by atoms with Crippen LogP contribution in [-0.2, 0) is 0 Å². The maximum Gasteiger partial charge on any atom is 0.401 e. The van der Waals surface area contributed by atoms with Gasteiger partial charge in [-0.05, 0) is 58.6 Å². The van der Waals surface area contributed by atoms with E-state index in [0.717, 1.165) is 46.8 Å². The summed E-state index contributed by atoms with van der Waals surface area (Å²) in [5, 5.41) is 4.66. The van der Waals surface area contributed by atoms with Crippen LogP contribution in [0.4, 0.5) is 13.2 Å². The Morgan fingerprint density at radius 1 is 1.33 bits per heavy atom. The Labute approximate surface area is 194 Å². The molecule has 3 rings (SSSR count). The van der Waals surface area contributed by atoms with Crippen LogP contribution in [-0.4, -0.2) is 36.1 Å². The predicted octanol–water partition coefficient (Wildman–Crippen LogP) is 4.65. The van der Waals surface area contributed by atoms with E-state index in [0.29, 0.717) is 12.6 Å². The van der Waals surface area contributed by atoms with Crippen molar-refractivity contribution >= 4 is 17.9 Å². The first-order valence-corrected chi connectivity index (χ1v) is 11.8. The summed E-state index contributed by atoms with van der Waals surface area (Å²) in [7, 11) is 0. The summed E-state index contributed by atoms with van der Waals surface area (Å²) in [5.74, 6) is 2.84. The van der Waals surface area contributed by atoms with E-state index in [1.807, 2.05) is 19.1 Å². The van der Waals surface area contributed by atoms with Crippen molar-refractivity contribution < 1.29 is 13.2 Å². The Morgan fingerprint density at radius 2 is 2.06 bits per heavy atom. The lowest BCUT2D eigenvalue weighted by Gasteiger charge is -2.30. The molecular formula is C27H34F3N3. The summed E-state index contributed by atoms with van der Waals surface area (Å²) in [5.41, 5.74) is 5.20. The number of nitrogens with one attached hydrogen (secondary N) is 1. The van der Waals surface area contributed by atoms with Gasteiger partial charge in [0.2, 0.25) is 0 Å². The topological polar surface area (TPSA) is 29.3 Å². The Balaban J connectivity index is 2.04. The molecule has 1 saturated carbocycles. The van der Waals surface area contributed by atoms with Gasteiger partial charge in [0.05, 0.1) is 28.9 Å². The van der Waals surface area contributed by atoms with Crippen LogP contribution in [0, 0.1) is 18.3 Å². The van der Waals surface area contributed by atoms with E-state index in [1.165, 1.54) is 17.6 Å². The largest absolute Gasteiger partial charge is 0.401 e. The van der Waals surface area contributed by atoms with Crippen LogP contribution in [0.3, 0.4) is 0 Å². The van der Waals surface area contributed by atoms with Gasteiger partial charge in [0.15, 0.2) is 0 Å². The molecule has 1 fully saturated rings. The lowest BCUT2D eigenvalue weighted by molar-refractivity contribution is -0.124. The average molecular weight is 458 g/mol. The van der Waals surface area contributed by atoms with Gasteiger partial charge in [-0.2, -0.15) is 13.2 Å². The van der Waals surface area contributed by atoms with Crippen LogP contribution in [0.5, 0.6) is 0 Å². The molecule has 1 aliphatic carbocycles. The molecule has 0 bridgehead atoms. The Kier molecular flexibility index (Phi) is 8.07.